The minimum atomic E-state index is -1.16. The monoisotopic (exact) mass is 244 g/mol. The Balaban J connectivity index is 2.12. The lowest BCUT2D eigenvalue weighted by molar-refractivity contribution is 0.260. The summed E-state index contributed by atoms with van der Waals surface area (Å²) in [7, 11) is 1.97. The minimum absolute atomic E-state index is 0.0319. The van der Waals surface area contributed by atoms with Crippen molar-refractivity contribution in [2.24, 2.45) is 0 Å². The lowest BCUT2D eigenvalue weighted by Gasteiger charge is -2.31. The number of hydrogen-bond acceptors (Lipinski definition) is 2. The summed E-state index contributed by atoms with van der Waals surface area (Å²) in [4.78, 5) is 2.11. The van der Waals surface area contributed by atoms with Crippen LogP contribution in [-0.2, 0) is 0 Å². The molecule has 1 N–H and O–H groups in total. The smallest absolute Gasteiger partial charge is 0.182 e. The molecule has 0 radical (unpaired) electrons. The first kappa shape index (κ1) is 12.2. The number of nitrogens with one attached hydrogen (secondary N) is 1. The van der Waals surface area contributed by atoms with Crippen LogP contribution in [0.5, 0.6) is 0 Å². The van der Waals surface area contributed by atoms with E-state index in [1.165, 1.54) is 0 Å². The van der Waals surface area contributed by atoms with Gasteiger partial charge >= 0.3 is 0 Å². The third-order valence-corrected chi connectivity index (χ3v) is 2.98. The third-order valence-electron chi connectivity index (χ3n) is 2.98. The summed E-state index contributed by atoms with van der Waals surface area (Å²) in [6.07, 6.45) is 1.87. The van der Waals surface area contributed by atoms with Gasteiger partial charge in [0.05, 0.1) is 5.69 Å². The van der Waals surface area contributed by atoms with Crippen molar-refractivity contribution >= 4 is 5.69 Å². The van der Waals surface area contributed by atoms with Gasteiger partial charge in [0.25, 0.3) is 0 Å². The highest BCUT2D eigenvalue weighted by atomic mass is 19.2. The number of nitrogens with zero attached hydrogens (tertiary/aromatic N) is 1. The van der Waals surface area contributed by atoms with E-state index >= 15 is 0 Å². The molecule has 5 heteroatoms. The number of rotatable bonds is 2. The van der Waals surface area contributed by atoms with Gasteiger partial charge in [0.2, 0.25) is 0 Å². The van der Waals surface area contributed by atoms with E-state index in [0.717, 1.165) is 32.0 Å². The van der Waals surface area contributed by atoms with E-state index < -0.39 is 17.5 Å². The Hall–Kier alpha value is -1.23. The van der Waals surface area contributed by atoms with Crippen LogP contribution in [0.4, 0.5) is 18.9 Å². The highest BCUT2D eigenvalue weighted by Crippen LogP contribution is 2.22. The summed E-state index contributed by atoms with van der Waals surface area (Å²) in [5.41, 5.74) is -0.0946. The fourth-order valence-electron chi connectivity index (χ4n) is 2.17. The summed E-state index contributed by atoms with van der Waals surface area (Å²) in [6.45, 7) is 1.75. The number of likely N-dealkylation sites (N-methyl/N-ethyl adjacent to an activating group) is 1. The Morgan fingerprint density at radius 1 is 1.29 bits per heavy atom. The van der Waals surface area contributed by atoms with Crippen molar-refractivity contribution in [2.75, 3.05) is 25.5 Å². The van der Waals surface area contributed by atoms with Crippen LogP contribution in [0.25, 0.3) is 0 Å². The number of benzene rings is 1. The number of hydrogen-bond donors (Lipinski definition) is 1. The first-order valence-electron chi connectivity index (χ1n) is 5.66. The fourth-order valence-corrected chi connectivity index (χ4v) is 2.17. The predicted octanol–water partition coefficient (Wildman–Crippen LogP) is 2.61. The molecule has 2 rings (SSSR count). The standard InChI is InChI=1S/C12H15F3N2/c1-17-4-2-3-9(7-17)16-11-6-8(13)5-10(14)12(11)15/h5-6,9,16H,2-4,7H2,1H3. The van der Waals surface area contributed by atoms with Crippen LogP contribution in [0.2, 0.25) is 0 Å². The van der Waals surface area contributed by atoms with Crippen LogP contribution in [0.3, 0.4) is 0 Å². The molecule has 17 heavy (non-hydrogen) atoms. The van der Waals surface area contributed by atoms with Crippen molar-refractivity contribution in [1.82, 2.24) is 4.90 Å². The second-order valence-electron chi connectivity index (χ2n) is 4.49. The quantitative estimate of drug-likeness (QED) is 0.804. The molecule has 94 valence electrons. The number of likely N-dealkylation sites (tertiary alicyclic amines) is 1. The summed E-state index contributed by atoms with van der Waals surface area (Å²) in [5, 5.41) is 2.86. The molecule has 1 heterocycles. The molecule has 1 aliphatic rings. The summed E-state index contributed by atoms with van der Waals surface area (Å²) < 4.78 is 39.4. The Labute approximate surface area is 98.4 Å². The van der Waals surface area contributed by atoms with Gasteiger partial charge in [-0.3, -0.25) is 0 Å². The first-order valence-corrected chi connectivity index (χ1v) is 5.66. The molecule has 1 atom stereocenters. The highest BCUT2D eigenvalue weighted by molar-refractivity contribution is 5.46. The molecule has 2 nitrogen and oxygen atoms in total. The van der Waals surface area contributed by atoms with E-state index in [4.69, 9.17) is 0 Å². The van der Waals surface area contributed by atoms with E-state index in [-0.39, 0.29) is 11.7 Å². The van der Waals surface area contributed by atoms with Crippen LogP contribution < -0.4 is 5.32 Å². The zero-order valence-electron chi connectivity index (χ0n) is 9.64. The molecule has 0 saturated carbocycles. The van der Waals surface area contributed by atoms with Crippen LogP contribution >= 0.6 is 0 Å². The van der Waals surface area contributed by atoms with Gasteiger partial charge in [0, 0.05) is 24.7 Å². The number of anilines is 1. The van der Waals surface area contributed by atoms with E-state index in [1.807, 2.05) is 7.05 Å². The number of piperidine rings is 1. The Kier molecular flexibility index (Phi) is 3.57. The van der Waals surface area contributed by atoms with E-state index in [9.17, 15) is 13.2 Å². The lowest BCUT2D eigenvalue weighted by Crippen LogP contribution is -2.39. The zero-order valence-corrected chi connectivity index (χ0v) is 9.64. The van der Waals surface area contributed by atoms with Crippen molar-refractivity contribution in [3.8, 4) is 0 Å². The van der Waals surface area contributed by atoms with Crippen LogP contribution in [0.1, 0.15) is 12.8 Å². The second-order valence-corrected chi connectivity index (χ2v) is 4.49. The predicted molar refractivity (Wildman–Crippen MR) is 60.5 cm³/mol. The number of halogens is 3. The maximum Gasteiger partial charge on any atom is 0.182 e. The van der Waals surface area contributed by atoms with Crippen LogP contribution in [0.15, 0.2) is 12.1 Å². The molecule has 1 aromatic rings. The molecule has 1 aliphatic heterocycles. The molecule has 1 aromatic carbocycles. The molecule has 0 aromatic heterocycles. The topological polar surface area (TPSA) is 15.3 Å². The molecular weight excluding hydrogens is 229 g/mol. The molecule has 1 unspecified atom stereocenters. The molecule has 0 aliphatic carbocycles. The van der Waals surface area contributed by atoms with Crippen molar-refractivity contribution in [1.29, 1.82) is 0 Å². The maximum atomic E-state index is 13.4. The molecule has 1 fully saturated rings. The van der Waals surface area contributed by atoms with Gasteiger partial charge in [0.1, 0.15) is 5.82 Å². The first-order chi connectivity index (χ1) is 8.06. The SMILES string of the molecule is CN1CCCC(Nc2cc(F)cc(F)c2F)C1. The van der Waals surface area contributed by atoms with E-state index in [1.54, 1.807) is 0 Å². The molecule has 0 amide bonds. The van der Waals surface area contributed by atoms with Gasteiger partial charge in [-0.1, -0.05) is 0 Å². The minimum Gasteiger partial charge on any atom is -0.378 e. The zero-order chi connectivity index (χ0) is 12.4. The van der Waals surface area contributed by atoms with E-state index in [2.05, 4.69) is 10.2 Å². The Morgan fingerprint density at radius 3 is 2.76 bits per heavy atom. The van der Waals surface area contributed by atoms with Gasteiger partial charge in [-0.05, 0) is 26.4 Å². The van der Waals surface area contributed by atoms with Gasteiger partial charge in [-0.25, -0.2) is 13.2 Å². The Bertz CT molecular complexity index is 409. The maximum absolute atomic E-state index is 13.4. The van der Waals surface area contributed by atoms with Gasteiger partial charge in [0.15, 0.2) is 11.6 Å². The van der Waals surface area contributed by atoms with Gasteiger partial charge in [-0.15, -0.1) is 0 Å². The fraction of sp³-hybridized carbons (Fsp3) is 0.500. The molecule has 0 spiro atoms. The van der Waals surface area contributed by atoms with Crippen LogP contribution in [-0.4, -0.2) is 31.1 Å². The Morgan fingerprint density at radius 2 is 2.06 bits per heavy atom. The van der Waals surface area contributed by atoms with Crippen molar-refractivity contribution in [2.45, 2.75) is 18.9 Å². The molecular formula is C12H15F3N2. The molecule has 0 bridgehead atoms. The largest absolute Gasteiger partial charge is 0.378 e. The van der Waals surface area contributed by atoms with Crippen molar-refractivity contribution in [3.63, 3.8) is 0 Å². The average molecular weight is 244 g/mol. The third kappa shape index (κ3) is 2.91. The molecule has 1 saturated heterocycles. The van der Waals surface area contributed by atoms with Crippen LogP contribution in [0, 0.1) is 17.5 Å². The van der Waals surface area contributed by atoms with Gasteiger partial charge < -0.3 is 10.2 Å². The van der Waals surface area contributed by atoms with Crippen molar-refractivity contribution < 1.29 is 13.2 Å². The highest BCUT2D eigenvalue weighted by Gasteiger charge is 2.19. The van der Waals surface area contributed by atoms with Gasteiger partial charge in [-0.2, -0.15) is 0 Å². The second kappa shape index (κ2) is 4.96. The summed E-state index contributed by atoms with van der Waals surface area (Å²) in [6, 6.07) is 1.57. The average Bonchev–Trinajstić information content (AvgIpc) is 2.25. The van der Waals surface area contributed by atoms with Crippen molar-refractivity contribution in [3.05, 3.63) is 29.6 Å². The normalized spacial score (nSPS) is 21.5. The lowest BCUT2D eigenvalue weighted by atomic mass is 10.1. The summed E-state index contributed by atoms with van der Waals surface area (Å²) >= 11 is 0. The summed E-state index contributed by atoms with van der Waals surface area (Å²) in [5.74, 6) is -2.94. The van der Waals surface area contributed by atoms with E-state index in [0.29, 0.717) is 6.07 Å².